The second kappa shape index (κ2) is 7.59. The van der Waals surface area contributed by atoms with Crippen molar-refractivity contribution in [2.75, 3.05) is 13.1 Å². The van der Waals surface area contributed by atoms with Crippen LogP contribution in [0.1, 0.15) is 24.2 Å². The first-order valence-electron chi connectivity index (χ1n) is 9.18. The lowest BCUT2D eigenvalue weighted by molar-refractivity contribution is 0.167. The number of likely N-dealkylation sites (tertiary alicyclic amines) is 1. The molecule has 4 rings (SSSR count). The first-order valence-corrected chi connectivity index (χ1v) is 9.94. The summed E-state index contributed by atoms with van der Waals surface area (Å²) in [7, 11) is 0. The molecule has 1 aromatic heterocycles. The summed E-state index contributed by atoms with van der Waals surface area (Å²) in [6, 6.07) is 14.2. The molecule has 2 aromatic carbocycles. The van der Waals surface area contributed by atoms with Crippen LogP contribution in [0.3, 0.4) is 0 Å². The normalized spacial score (nSPS) is 16.4. The zero-order chi connectivity index (χ0) is 18.1. The maximum absolute atomic E-state index is 6.32. The van der Waals surface area contributed by atoms with Gasteiger partial charge < -0.3 is 4.57 Å². The Morgan fingerprint density at radius 2 is 1.85 bits per heavy atom. The predicted molar refractivity (Wildman–Crippen MR) is 109 cm³/mol. The van der Waals surface area contributed by atoms with Crippen LogP contribution in [0.4, 0.5) is 0 Å². The van der Waals surface area contributed by atoms with Crippen LogP contribution in [0.15, 0.2) is 42.5 Å². The van der Waals surface area contributed by atoms with E-state index >= 15 is 0 Å². The van der Waals surface area contributed by atoms with E-state index in [1.807, 2.05) is 18.2 Å². The molecule has 0 bridgehead atoms. The van der Waals surface area contributed by atoms with E-state index in [1.54, 1.807) is 0 Å². The van der Waals surface area contributed by atoms with Crippen LogP contribution in [-0.2, 0) is 13.1 Å². The van der Waals surface area contributed by atoms with Crippen molar-refractivity contribution in [1.29, 1.82) is 0 Å². The molecule has 3 aromatic rings. The lowest BCUT2D eigenvalue weighted by atomic mass is 9.96. The Morgan fingerprint density at radius 3 is 2.62 bits per heavy atom. The van der Waals surface area contributed by atoms with E-state index in [1.165, 1.54) is 18.4 Å². The fourth-order valence-electron chi connectivity index (χ4n) is 3.90. The summed E-state index contributed by atoms with van der Waals surface area (Å²) in [5.74, 6) is 1.81. The summed E-state index contributed by atoms with van der Waals surface area (Å²) in [6.07, 6.45) is 2.41. The number of imidazole rings is 1. The van der Waals surface area contributed by atoms with E-state index in [2.05, 4.69) is 40.7 Å². The maximum Gasteiger partial charge on any atom is 0.106 e. The second-order valence-electron chi connectivity index (χ2n) is 7.21. The van der Waals surface area contributed by atoms with Crippen LogP contribution >= 0.6 is 23.2 Å². The monoisotopic (exact) mass is 387 g/mol. The Balaban J connectivity index is 1.38. The molecule has 0 atom stereocenters. The number of para-hydroxylation sites is 2. The van der Waals surface area contributed by atoms with Crippen molar-refractivity contribution < 1.29 is 0 Å². The molecule has 0 spiro atoms. The van der Waals surface area contributed by atoms with Crippen molar-refractivity contribution in [1.82, 2.24) is 14.5 Å². The van der Waals surface area contributed by atoms with Gasteiger partial charge in [-0.1, -0.05) is 41.4 Å². The first-order chi connectivity index (χ1) is 12.6. The number of halogens is 2. The minimum Gasteiger partial charge on any atom is -0.328 e. The summed E-state index contributed by atoms with van der Waals surface area (Å²) in [5.41, 5.74) is 3.51. The number of hydrogen-bond acceptors (Lipinski definition) is 2. The Bertz CT molecular complexity index is 911. The van der Waals surface area contributed by atoms with E-state index in [4.69, 9.17) is 28.2 Å². The lowest BCUT2D eigenvalue weighted by Gasteiger charge is -2.32. The van der Waals surface area contributed by atoms with Crippen molar-refractivity contribution in [3.63, 3.8) is 0 Å². The van der Waals surface area contributed by atoms with Gasteiger partial charge in [-0.2, -0.15) is 0 Å². The van der Waals surface area contributed by atoms with Gasteiger partial charge in [-0.3, -0.25) is 4.90 Å². The van der Waals surface area contributed by atoms with Gasteiger partial charge in [0.15, 0.2) is 0 Å². The number of fused-ring (bicyclic) bond motifs is 1. The van der Waals surface area contributed by atoms with Gasteiger partial charge in [-0.05, 0) is 68.6 Å². The van der Waals surface area contributed by atoms with Gasteiger partial charge in [0, 0.05) is 23.1 Å². The third-order valence-corrected chi connectivity index (χ3v) is 5.99. The quantitative estimate of drug-likeness (QED) is 0.583. The van der Waals surface area contributed by atoms with Crippen molar-refractivity contribution >= 4 is 34.2 Å². The Kier molecular flexibility index (Phi) is 5.21. The minimum atomic E-state index is 0.695. The van der Waals surface area contributed by atoms with Crippen LogP contribution in [0.5, 0.6) is 0 Å². The molecule has 1 aliphatic heterocycles. The number of rotatable bonds is 4. The number of nitrogens with zero attached hydrogens (tertiary/aromatic N) is 3. The number of aryl methyl sites for hydroxylation is 1. The van der Waals surface area contributed by atoms with Crippen molar-refractivity contribution in [3.8, 4) is 0 Å². The summed E-state index contributed by atoms with van der Waals surface area (Å²) >= 11 is 12.3. The molecule has 0 N–H and O–H groups in total. The largest absolute Gasteiger partial charge is 0.328 e. The Labute approximate surface area is 164 Å². The van der Waals surface area contributed by atoms with Gasteiger partial charge in [-0.25, -0.2) is 4.98 Å². The third-order valence-electron chi connectivity index (χ3n) is 5.40. The van der Waals surface area contributed by atoms with E-state index < -0.39 is 0 Å². The number of piperidine rings is 1. The summed E-state index contributed by atoms with van der Waals surface area (Å²) in [5, 5.41) is 1.46. The summed E-state index contributed by atoms with van der Waals surface area (Å²) in [4.78, 5) is 7.18. The first kappa shape index (κ1) is 17.8. The van der Waals surface area contributed by atoms with E-state index in [-0.39, 0.29) is 0 Å². The third kappa shape index (κ3) is 3.75. The van der Waals surface area contributed by atoms with E-state index in [0.29, 0.717) is 10.9 Å². The second-order valence-corrected chi connectivity index (χ2v) is 8.06. The Hall–Kier alpha value is -1.55. The Morgan fingerprint density at radius 1 is 1.08 bits per heavy atom. The molecule has 1 aliphatic rings. The molecule has 2 heterocycles. The topological polar surface area (TPSA) is 21.1 Å². The smallest absolute Gasteiger partial charge is 0.106 e. The molecule has 0 radical (unpaired) electrons. The summed E-state index contributed by atoms with van der Waals surface area (Å²) < 4.78 is 2.38. The van der Waals surface area contributed by atoms with Crippen LogP contribution in [0.2, 0.25) is 10.0 Å². The molecular formula is C21H23Cl2N3. The standard InChI is InChI=1S/C21H23Cl2N3/c1-15-24-20-4-2-3-5-21(20)26(15)13-16-8-10-25(11-9-16)14-17-6-7-18(22)12-19(17)23/h2-7,12,16H,8-11,13-14H2,1H3. The molecule has 0 aliphatic carbocycles. The van der Waals surface area contributed by atoms with Gasteiger partial charge >= 0.3 is 0 Å². The van der Waals surface area contributed by atoms with Crippen molar-refractivity contribution in [3.05, 3.63) is 63.9 Å². The minimum absolute atomic E-state index is 0.695. The van der Waals surface area contributed by atoms with Crippen molar-refractivity contribution in [2.24, 2.45) is 5.92 Å². The maximum atomic E-state index is 6.32. The molecular weight excluding hydrogens is 365 g/mol. The molecule has 5 heteroatoms. The predicted octanol–water partition coefficient (Wildman–Crippen LogP) is 5.56. The highest BCUT2D eigenvalue weighted by molar-refractivity contribution is 6.35. The van der Waals surface area contributed by atoms with Gasteiger partial charge in [0.1, 0.15) is 5.82 Å². The fourth-order valence-corrected chi connectivity index (χ4v) is 4.37. The summed E-state index contributed by atoms with van der Waals surface area (Å²) in [6.45, 7) is 6.28. The molecule has 136 valence electrons. The van der Waals surface area contributed by atoms with Gasteiger partial charge in [0.25, 0.3) is 0 Å². The average molecular weight is 388 g/mol. The highest BCUT2D eigenvalue weighted by atomic mass is 35.5. The molecule has 1 fully saturated rings. The number of hydrogen-bond donors (Lipinski definition) is 0. The van der Waals surface area contributed by atoms with Crippen LogP contribution < -0.4 is 0 Å². The molecule has 0 unspecified atom stereocenters. The van der Waals surface area contributed by atoms with Gasteiger partial charge in [0.05, 0.1) is 11.0 Å². The highest BCUT2D eigenvalue weighted by Gasteiger charge is 2.21. The number of aromatic nitrogens is 2. The van der Waals surface area contributed by atoms with Crippen LogP contribution in [0.25, 0.3) is 11.0 Å². The fraction of sp³-hybridized carbons (Fsp3) is 0.381. The zero-order valence-corrected chi connectivity index (χ0v) is 16.5. The lowest BCUT2D eigenvalue weighted by Crippen LogP contribution is -2.34. The molecule has 0 amide bonds. The van der Waals surface area contributed by atoms with Gasteiger partial charge in [-0.15, -0.1) is 0 Å². The molecule has 26 heavy (non-hydrogen) atoms. The average Bonchev–Trinajstić information content (AvgIpc) is 2.94. The SMILES string of the molecule is Cc1nc2ccccc2n1CC1CCN(Cc2ccc(Cl)cc2Cl)CC1. The zero-order valence-electron chi connectivity index (χ0n) is 15.0. The highest BCUT2D eigenvalue weighted by Crippen LogP contribution is 2.26. The van der Waals surface area contributed by atoms with Crippen molar-refractivity contribution in [2.45, 2.75) is 32.9 Å². The van der Waals surface area contributed by atoms with Crippen LogP contribution in [0, 0.1) is 12.8 Å². The molecule has 1 saturated heterocycles. The molecule has 3 nitrogen and oxygen atoms in total. The van der Waals surface area contributed by atoms with Crippen LogP contribution in [-0.4, -0.2) is 27.5 Å². The molecule has 0 saturated carbocycles. The van der Waals surface area contributed by atoms with E-state index in [0.717, 1.165) is 48.1 Å². The van der Waals surface area contributed by atoms with Gasteiger partial charge in [0.2, 0.25) is 0 Å². The van der Waals surface area contributed by atoms with E-state index in [9.17, 15) is 0 Å². The number of benzene rings is 2.